The number of rotatable bonds is 4. The van der Waals surface area contributed by atoms with E-state index in [0.717, 1.165) is 15.1 Å². The molecule has 8 heteroatoms. The zero-order chi connectivity index (χ0) is 20.0. The van der Waals surface area contributed by atoms with E-state index in [-0.39, 0.29) is 36.7 Å². The fourth-order valence-electron chi connectivity index (χ4n) is 3.55. The number of aromatic nitrogens is 1. The number of benzene rings is 2. The lowest BCUT2D eigenvalue weighted by atomic mass is 10.1. The summed E-state index contributed by atoms with van der Waals surface area (Å²) < 4.78 is 6.97. The number of likely N-dealkylation sites (tertiary alicyclic amines) is 1. The van der Waals surface area contributed by atoms with Crippen molar-refractivity contribution in [3.63, 3.8) is 0 Å². The Morgan fingerprint density at radius 3 is 2.55 bits per heavy atom. The molecule has 1 aromatic heterocycles. The third-order valence-electron chi connectivity index (χ3n) is 5.08. The molecule has 3 heterocycles. The summed E-state index contributed by atoms with van der Waals surface area (Å²) in [6.07, 6.45) is 0.339. The highest BCUT2D eigenvalue weighted by molar-refractivity contribution is 7.20. The Bertz CT molecular complexity index is 1090. The van der Waals surface area contributed by atoms with Crippen LogP contribution < -0.4 is 9.64 Å². The van der Waals surface area contributed by atoms with Crippen LogP contribution in [0.5, 0.6) is 5.19 Å². The van der Waals surface area contributed by atoms with E-state index >= 15 is 0 Å². The molecule has 7 nitrogen and oxygen atoms in total. The first-order valence-corrected chi connectivity index (χ1v) is 10.2. The van der Waals surface area contributed by atoms with Crippen LogP contribution in [0.3, 0.4) is 0 Å². The van der Waals surface area contributed by atoms with E-state index in [4.69, 9.17) is 4.74 Å². The van der Waals surface area contributed by atoms with Crippen LogP contribution in [0.4, 0.5) is 5.69 Å². The van der Waals surface area contributed by atoms with Gasteiger partial charge >= 0.3 is 0 Å². The zero-order valence-corrected chi connectivity index (χ0v) is 16.2. The number of thiazole rings is 1. The van der Waals surface area contributed by atoms with Gasteiger partial charge < -0.3 is 9.64 Å². The quantitative estimate of drug-likeness (QED) is 0.622. The summed E-state index contributed by atoms with van der Waals surface area (Å²) in [5, 5.41) is 0.608. The largest absolute Gasteiger partial charge is 0.463 e. The Morgan fingerprint density at radius 2 is 1.79 bits per heavy atom. The third-order valence-corrected chi connectivity index (χ3v) is 6.01. The number of amides is 3. The lowest BCUT2D eigenvalue weighted by Crippen LogP contribution is -2.56. The second kappa shape index (κ2) is 6.97. The van der Waals surface area contributed by atoms with Crippen LogP contribution in [0.2, 0.25) is 0 Å². The van der Waals surface area contributed by atoms with E-state index in [1.54, 1.807) is 29.2 Å². The number of hydrogen-bond acceptors (Lipinski definition) is 6. The van der Waals surface area contributed by atoms with Gasteiger partial charge in [-0.25, -0.2) is 4.98 Å². The fourth-order valence-corrected chi connectivity index (χ4v) is 4.43. The van der Waals surface area contributed by atoms with Gasteiger partial charge in [0.1, 0.15) is 6.10 Å². The highest BCUT2D eigenvalue weighted by atomic mass is 32.1. The van der Waals surface area contributed by atoms with Crippen LogP contribution in [0.15, 0.2) is 48.5 Å². The molecule has 0 N–H and O–H groups in total. The molecule has 2 fully saturated rings. The number of imide groups is 1. The van der Waals surface area contributed by atoms with Gasteiger partial charge in [0.05, 0.1) is 29.0 Å². The lowest BCUT2D eigenvalue weighted by Gasteiger charge is -2.38. The van der Waals surface area contributed by atoms with Crippen molar-refractivity contribution in [2.75, 3.05) is 18.0 Å². The van der Waals surface area contributed by atoms with Crippen molar-refractivity contribution in [3.8, 4) is 5.19 Å². The summed E-state index contributed by atoms with van der Waals surface area (Å²) in [6.45, 7) is 0.946. The highest BCUT2D eigenvalue weighted by Crippen LogP contribution is 2.30. The zero-order valence-electron chi connectivity index (χ0n) is 15.4. The number of anilines is 1. The molecule has 5 rings (SSSR count). The van der Waals surface area contributed by atoms with Crippen molar-refractivity contribution >= 4 is 45.0 Å². The van der Waals surface area contributed by atoms with Gasteiger partial charge in [-0.05, 0) is 30.3 Å². The summed E-state index contributed by atoms with van der Waals surface area (Å²) in [4.78, 5) is 43.9. The minimum absolute atomic E-state index is 0.0931. The summed E-state index contributed by atoms with van der Waals surface area (Å²) in [6, 6.07) is 14.5. The molecule has 0 unspecified atom stereocenters. The third kappa shape index (κ3) is 3.25. The van der Waals surface area contributed by atoms with E-state index in [2.05, 4.69) is 4.98 Å². The van der Waals surface area contributed by atoms with Crippen LogP contribution in [0.1, 0.15) is 23.2 Å². The average molecular weight is 407 g/mol. The Labute approximate surface area is 170 Å². The number of carbonyl (C=O) groups excluding carboxylic acids is 3. The molecule has 2 aliphatic rings. The monoisotopic (exact) mass is 407 g/mol. The second-order valence-electron chi connectivity index (χ2n) is 7.07. The van der Waals surface area contributed by atoms with Crippen LogP contribution in [0, 0.1) is 0 Å². The molecule has 2 aromatic carbocycles. The van der Waals surface area contributed by atoms with Crippen molar-refractivity contribution < 1.29 is 19.1 Å². The number of para-hydroxylation sites is 1. The number of hydrogen-bond donors (Lipinski definition) is 0. The number of carbonyl (C=O) groups is 3. The van der Waals surface area contributed by atoms with Gasteiger partial charge in [0, 0.05) is 18.4 Å². The molecule has 3 amide bonds. The molecule has 2 saturated heterocycles. The highest BCUT2D eigenvalue weighted by Gasteiger charge is 2.35. The summed E-state index contributed by atoms with van der Waals surface area (Å²) >= 11 is 1.49. The molecule has 29 heavy (non-hydrogen) atoms. The van der Waals surface area contributed by atoms with Crippen LogP contribution >= 0.6 is 11.3 Å². The predicted octanol–water partition coefficient (Wildman–Crippen LogP) is 2.85. The molecule has 0 saturated carbocycles. The Kier molecular flexibility index (Phi) is 4.28. The van der Waals surface area contributed by atoms with Gasteiger partial charge in [0.25, 0.3) is 11.1 Å². The normalized spacial score (nSPS) is 17.1. The molecular weight excluding hydrogens is 390 g/mol. The van der Waals surface area contributed by atoms with Gasteiger partial charge in [-0.3, -0.25) is 19.3 Å². The first-order chi connectivity index (χ1) is 14.1. The van der Waals surface area contributed by atoms with Gasteiger partial charge in [0.2, 0.25) is 11.8 Å². The van der Waals surface area contributed by atoms with Crippen molar-refractivity contribution in [2.45, 2.75) is 18.9 Å². The van der Waals surface area contributed by atoms with Crippen LogP contribution in [0.25, 0.3) is 10.2 Å². The first kappa shape index (κ1) is 17.8. The molecule has 2 aliphatic heterocycles. The van der Waals surface area contributed by atoms with Gasteiger partial charge in [-0.2, -0.15) is 0 Å². The van der Waals surface area contributed by atoms with E-state index < -0.39 is 0 Å². The fraction of sp³-hybridized carbons (Fsp3) is 0.238. The molecule has 3 aromatic rings. The summed E-state index contributed by atoms with van der Waals surface area (Å²) in [5.74, 6) is -0.601. The maximum Gasteiger partial charge on any atom is 0.274 e. The van der Waals surface area contributed by atoms with Crippen molar-refractivity contribution in [3.05, 3.63) is 54.1 Å². The number of fused-ring (bicyclic) bond motifs is 1. The van der Waals surface area contributed by atoms with Crippen molar-refractivity contribution in [1.29, 1.82) is 0 Å². The van der Waals surface area contributed by atoms with Gasteiger partial charge in [0.15, 0.2) is 0 Å². The number of ether oxygens (including phenoxy) is 1. The maximum absolute atomic E-state index is 12.8. The van der Waals surface area contributed by atoms with E-state index in [0.29, 0.717) is 29.5 Å². The smallest absolute Gasteiger partial charge is 0.274 e. The lowest BCUT2D eigenvalue weighted by molar-refractivity contribution is -0.121. The summed E-state index contributed by atoms with van der Waals surface area (Å²) in [7, 11) is 0. The Morgan fingerprint density at radius 1 is 1.03 bits per heavy atom. The standard InChI is InChI=1S/C21H17N3O4S/c25-18-8-9-19(26)24(18)14-5-3-4-13(10-14)20(27)23-11-15(12-23)28-21-22-16-6-1-2-7-17(16)29-21/h1-7,10,15H,8-9,11-12H2. The Hall–Kier alpha value is -3.26. The molecule has 146 valence electrons. The molecule has 0 atom stereocenters. The number of nitrogens with zero attached hydrogens (tertiary/aromatic N) is 3. The molecule has 0 radical (unpaired) electrons. The summed E-state index contributed by atoms with van der Waals surface area (Å²) in [5.41, 5.74) is 1.81. The topological polar surface area (TPSA) is 79.8 Å². The average Bonchev–Trinajstić information content (AvgIpc) is 3.26. The molecule has 0 spiro atoms. The van der Waals surface area contributed by atoms with Crippen molar-refractivity contribution in [1.82, 2.24) is 9.88 Å². The maximum atomic E-state index is 12.8. The van der Waals surface area contributed by atoms with E-state index in [9.17, 15) is 14.4 Å². The second-order valence-corrected chi connectivity index (χ2v) is 8.06. The van der Waals surface area contributed by atoms with Crippen LogP contribution in [-0.4, -0.2) is 46.8 Å². The van der Waals surface area contributed by atoms with Crippen molar-refractivity contribution in [2.24, 2.45) is 0 Å². The van der Waals surface area contributed by atoms with Gasteiger partial charge in [-0.1, -0.05) is 29.5 Å². The Balaban J connectivity index is 1.24. The predicted molar refractivity (Wildman–Crippen MR) is 108 cm³/mol. The minimum Gasteiger partial charge on any atom is -0.463 e. The first-order valence-electron chi connectivity index (χ1n) is 9.36. The molecule has 0 aliphatic carbocycles. The van der Waals surface area contributed by atoms with Crippen LogP contribution in [-0.2, 0) is 9.59 Å². The molecular formula is C21H17N3O4S. The van der Waals surface area contributed by atoms with Gasteiger partial charge in [-0.15, -0.1) is 0 Å². The van der Waals surface area contributed by atoms with E-state index in [1.807, 2.05) is 24.3 Å². The SMILES string of the molecule is O=C(c1cccc(N2C(=O)CCC2=O)c1)N1CC(Oc2nc3ccccc3s2)C1. The molecule has 0 bridgehead atoms. The van der Waals surface area contributed by atoms with E-state index in [1.165, 1.54) is 11.3 Å². The minimum atomic E-state index is -0.229.